The zero-order valence-corrected chi connectivity index (χ0v) is 9.86. The molecule has 0 atom stereocenters. The molecular formula is C10H7Cl3O2. The first-order valence-corrected chi connectivity index (χ1v) is 5.12. The highest BCUT2D eigenvalue weighted by molar-refractivity contribution is 6.48. The van der Waals surface area contributed by atoms with Gasteiger partial charge in [-0.05, 0) is 12.1 Å². The number of halogens is 3. The third-order valence-corrected chi connectivity index (χ3v) is 2.75. The molecule has 1 aromatic carbocycles. The van der Waals surface area contributed by atoms with Crippen molar-refractivity contribution in [1.82, 2.24) is 0 Å². The minimum atomic E-state index is -0.518. The lowest BCUT2D eigenvalue weighted by atomic mass is 10.2. The first-order valence-electron chi connectivity index (χ1n) is 3.99. The highest BCUT2D eigenvalue weighted by Crippen LogP contribution is 2.31. The molecule has 0 unspecified atom stereocenters. The predicted molar refractivity (Wildman–Crippen MR) is 62.0 cm³/mol. The van der Waals surface area contributed by atoms with Crippen LogP contribution in [-0.2, 0) is 4.74 Å². The van der Waals surface area contributed by atoms with Gasteiger partial charge in [-0.3, -0.25) is 0 Å². The third kappa shape index (κ3) is 3.13. The van der Waals surface area contributed by atoms with Gasteiger partial charge < -0.3 is 4.74 Å². The summed E-state index contributed by atoms with van der Waals surface area (Å²) >= 11 is 17.2. The molecular weight excluding hydrogens is 258 g/mol. The average Bonchev–Trinajstić information content (AvgIpc) is 2.21. The molecule has 0 fully saturated rings. The maximum atomic E-state index is 11.4. The van der Waals surface area contributed by atoms with E-state index in [1.165, 1.54) is 18.2 Å². The van der Waals surface area contributed by atoms with E-state index in [1.807, 2.05) is 0 Å². The predicted octanol–water partition coefficient (Wildman–Crippen LogP) is 3.99. The first-order chi connectivity index (χ1) is 7.06. The molecule has 15 heavy (non-hydrogen) atoms. The quantitative estimate of drug-likeness (QED) is 0.469. The summed E-state index contributed by atoms with van der Waals surface area (Å²) in [5.74, 6) is -0.518. The van der Waals surface area contributed by atoms with Gasteiger partial charge >= 0.3 is 5.97 Å². The second-order valence-corrected chi connectivity index (χ2v) is 3.83. The lowest BCUT2D eigenvalue weighted by Gasteiger charge is -2.04. The van der Waals surface area contributed by atoms with Crippen LogP contribution < -0.4 is 0 Å². The molecule has 0 amide bonds. The summed E-state index contributed by atoms with van der Waals surface area (Å²) in [6.07, 6.45) is 1.47. The van der Waals surface area contributed by atoms with Gasteiger partial charge in [-0.15, -0.1) is 0 Å². The standard InChI is InChI=1S/C10H7Cl3O2/c1-2-3-15-10(14)6-4-7(11)9(13)8(12)5-6/h2,4-5H,1,3H2. The van der Waals surface area contributed by atoms with Gasteiger partial charge in [0.25, 0.3) is 0 Å². The summed E-state index contributed by atoms with van der Waals surface area (Å²) in [6, 6.07) is 2.81. The zero-order chi connectivity index (χ0) is 11.4. The Hall–Kier alpha value is -0.700. The van der Waals surface area contributed by atoms with Gasteiger partial charge in [-0.1, -0.05) is 47.5 Å². The van der Waals surface area contributed by atoms with Crippen LogP contribution in [0.5, 0.6) is 0 Å². The van der Waals surface area contributed by atoms with Gasteiger partial charge in [-0.2, -0.15) is 0 Å². The van der Waals surface area contributed by atoms with Crippen LogP contribution in [0.3, 0.4) is 0 Å². The molecule has 0 heterocycles. The molecule has 2 nitrogen and oxygen atoms in total. The van der Waals surface area contributed by atoms with E-state index in [0.717, 1.165) is 0 Å². The van der Waals surface area contributed by atoms with Crippen molar-refractivity contribution >= 4 is 40.8 Å². The lowest BCUT2D eigenvalue weighted by Crippen LogP contribution is -2.05. The number of esters is 1. The Bertz CT molecular complexity index is 379. The second-order valence-electron chi connectivity index (χ2n) is 2.64. The highest BCUT2D eigenvalue weighted by atomic mass is 35.5. The van der Waals surface area contributed by atoms with Crippen molar-refractivity contribution in [2.75, 3.05) is 6.61 Å². The molecule has 1 rings (SSSR count). The fourth-order valence-corrected chi connectivity index (χ4v) is 1.49. The number of carbonyl (C=O) groups is 1. The number of hydrogen-bond donors (Lipinski definition) is 0. The van der Waals surface area contributed by atoms with Crippen LogP contribution in [0.15, 0.2) is 24.8 Å². The molecule has 5 heteroatoms. The second kappa shape index (κ2) is 5.40. The van der Waals surface area contributed by atoms with Crippen molar-refractivity contribution in [1.29, 1.82) is 0 Å². The SMILES string of the molecule is C=CCOC(=O)c1cc(Cl)c(Cl)c(Cl)c1. The monoisotopic (exact) mass is 264 g/mol. The average molecular weight is 266 g/mol. The maximum Gasteiger partial charge on any atom is 0.338 e. The lowest BCUT2D eigenvalue weighted by molar-refractivity contribution is 0.0550. The van der Waals surface area contributed by atoms with E-state index in [0.29, 0.717) is 0 Å². The first kappa shape index (κ1) is 12.4. The van der Waals surface area contributed by atoms with Gasteiger partial charge in [0.1, 0.15) is 6.61 Å². The minimum Gasteiger partial charge on any atom is -0.458 e. The van der Waals surface area contributed by atoms with Crippen molar-refractivity contribution < 1.29 is 9.53 Å². The van der Waals surface area contributed by atoms with Crippen LogP contribution in [0.4, 0.5) is 0 Å². The maximum absolute atomic E-state index is 11.4. The molecule has 80 valence electrons. The molecule has 0 aliphatic carbocycles. The highest BCUT2D eigenvalue weighted by Gasteiger charge is 2.12. The van der Waals surface area contributed by atoms with E-state index in [4.69, 9.17) is 39.5 Å². The Balaban J connectivity index is 2.95. The molecule has 0 spiro atoms. The van der Waals surface area contributed by atoms with Crippen molar-refractivity contribution in [3.8, 4) is 0 Å². The van der Waals surface area contributed by atoms with E-state index in [-0.39, 0.29) is 27.2 Å². The number of carbonyl (C=O) groups excluding carboxylic acids is 1. The van der Waals surface area contributed by atoms with Crippen LogP contribution >= 0.6 is 34.8 Å². The van der Waals surface area contributed by atoms with Crippen molar-refractivity contribution in [2.24, 2.45) is 0 Å². The summed E-state index contributed by atoms with van der Waals surface area (Å²) in [5.41, 5.74) is 0.260. The molecule has 0 N–H and O–H groups in total. The zero-order valence-electron chi connectivity index (χ0n) is 7.60. The summed E-state index contributed by atoms with van der Waals surface area (Å²) in [5, 5.41) is 0.656. The van der Waals surface area contributed by atoms with Gasteiger partial charge in [-0.25, -0.2) is 4.79 Å². The van der Waals surface area contributed by atoms with Crippen LogP contribution in [0, 0.1) is 0 Å². The number of rotatable bonds is 3. The van der Waals surface area contributed by atoms with Gasteiger partial charge in [0.15, 0.2) is 0 Å². The third-order valence-electron chi connectivity index (χ3n) is 1.55. The van der Waals surface area contributed by atoms with E-state index in [9.17, 15) is 4.79 Å². The smallest absolute Gasteiger partial charge is 0.338 e. The summed E-state index contributed by atoms with van der Waals surface area (Å²) in [6.45, 7) is 3.56. The van der Waals surface area contributed by atoms with Crippen molar-refractivity contribution in [3.63, 3.8) is 0 Å². The fraction of sp³-hybridized carbons (Fsp3) is 0.100. The topological polar surface area (TPSA) is 26.3 Å². The minimum absolute atomic E-state index is 0.136. The van der Waals surface area contributed by atoms with Crippen LogP contribution in [0.25, 0.3) is 0 Å². The van der Waals surface area contributed by atoms with E-state index in [1.54, 1.807) is 0 Å². The van der Waals surface area contributed by atoms with Gasteiger partial charge in [0, 0.05) is 0 Å². The largest absolute Gasteiger partial charge is 0.458 e. The molecule has 1 aromatic rings. The van der Waals surface area contributed by atoms with E-state index < -0.39 is 5.97 Å². The van der Waals surface area contributed by atoms with Crippen LogP contribution in [0.1, 0.15) is 10.4 Å². The Morgan fingerprint density at radius 3 is 2.33 bits per heavy atom. The Labute approximate surface area is 102 Å². The Morgan fingerprint density at radius 2 is 1.87 bits per heavy atom. The molecule has 0 radical (unpaired) electrons. The Kier molecular flexibility index (Phi) is 4.45. The number of benzene rings is 1. The number of ether oxygens (including phenoxy) is 1. The van der Waals surface area contributed by atoms with E-state index >= 15 is 0 Å². The van der Waals surface area contributed by atoms with Gasteiger partial charge in [0.05, 0.1) is 20.6 Å². The molecule has 0 saturated heterocycles. The number of hydrogen-bond acceptors (Lipinski definition) is 2. The molecule has 0 aliphatic heterocycles. The molecule has 0 aliphatic rings. The molecule has 0 saturated carbocycles. The fourth-order valence-electron chi connectivity index (χ4n) is 0.891. The summed E-state index contributed by atoms with van der Waals surface area (Å²) in [4.78, 5) is 11.4. The van der Waals surface area contributed by atoms with Crippen LogP contribution in [0.2, 0.25) is 15.1 Å². The summed E-state index contributed by atoms with van der Waals surface area (Å²) < 4.78 is 4.81. The van der Waals surface area contributed by atoms with E-state index in [2.05, 4.69) is 6.58 Å². The van der Waals surface area contributed by atoms with Crippen molar-refractivity contribution in [2.45, 2.75) is 0 Å². The summed E-state index contributed by atoms with van der Waals surface area (Å²) in [7, 11) is 0. The molecule has 0 bridgehead atoms. The van der Waals surface area contributed by atoms with Crippen LogP contribution in [-0.4, -0.2) is 12.6 Å². The Morgan fingerprint density at radius 1 is 1.33 bits per heavy atom. The van der Waals surface area contributed by atoms with Gasteiger partial charge in [0.2, 0.25) is 0 Å². The van der Waals surface area contributed by atoms with Crippen molar-refractivity contribution in [3.05, 3.63) is 45.4 Å². The molecule has 0 aromatic heterocycles. The normalized spacial score (nSPS) is 9.80.